The van der Waals surface area contributed by atoms with E-state index >= 15 is 0 Å². The van der Waals surface area contributed by atoms with Crippen molar-refractivity contribution in [1.82, 2.24) is 4.90 Å². The lowest BCUT2D eigenvalue weighted by atomic mass is 10.1. The highest BCUT2D eigenvalue weighted by Gasteiger charge is 2.17. The minimum Gasteiger partial charge on any atom is -0.480 e. The molecule has 0 bridgehead atoms. The number of amides is 2. The molecule has 5 nitrogen and oxygen atoms in total. The number of nitrogens with zero attached hydrogens (tertiary/aromatic N) is 1. The molecule has 0 saturated heterocycles. The molecule has 7 heteroatoms. The summed E-state index contributed by atoms with van der Waals surface area (Å²) >= 11 is 9.26. The molecule has 1 N–H and O–H groups in total. The molecule has 0 spiro atoms. The van der Waals surface area contributed by atoms with Crippen molar-refractivity contribution in [2.75, 3.05) is 18.4 Å². The van der Waals surface area contributed by atoms with Crippen LogP contribution in [0.1, 0.15) is 31.1 Å². The maximum atomic E-state index is 12.4. The summed E-state index contributed by atoms with van der Waals surface area (Å²) in [6.45, 7) is 6.85. The first kappa shape index (κ1) is 21.3. The molecule has 0 saturated carbocycles. The van der Waals surface area contributed by atoms with Gasteiger partial charge in [0, 0.05) is 29.4 Å². The molecular weight excluding hydrogens is 432 g/mol. The lowest BCUT2D eigenvalue weighted by Gasteiger charge is -2.19. The Morgan fingerprint density at radius 1 is 1.15 bits per heavy atom. The summed E-state index contributed by atoms with van der Waals surface area (Å²) < 4.78 is 6.35. The molecule has 1 unspecified atom stereocenters. The fourth-order valence-corrected chi connectivity index (χ4v) is 3.22. The number of carbonyl (C=O) groups is 2. The Labute approximate surface area is 172 Å². The number of ether oxygens (including phenoxy) is 1. The first-order valence-corrected chi connectivity index (χ1v) is 9.84. The average Bonchev–Trinajstić information content (AvgIpc) is 2.65. The number of halogens is 2. The van der Waals surface area contributed by atoms with Gasteiger partial charge in [0.15, 0.2) is 6.10 Å². The standard InChI is InChI=1S/C20H22BrClN2O3/c1-4-24(5-2)20(26)14-6-9-16(10-7-14)23-19(25)13(3)27-18-11-8-15(22)12-17(18)21/h6-13H,4-5H2,1-3H3,(H,23,25). The summed E-state index contributed by atoms with van der Waals surface area (Å²) in [5, 5.41) is 3.36. The van der Waals surface area contributed by atoms with E-state index < -0.39 is 6.10 Å². The molecule has 0 aromatic heterocycles. The first-order chi connectivity index (χ1) is 12.8. The topological polar surface area (TPSA) is 58.6 Å². The summed E-state index contributed by atoms with van der Waals surface area (Å²) in [4.78, 5) is 26.4. The van der Waals surface area contributed by atoms with Crippen molar-refractivity contribution in [2.45, 2.75) is 26.9 Å². The second-order valence-electron chi connectivity index (χ2n) is 5.88. The largest absolute Gasteiger partial charge is 0.480 e. The predicted octanol–water partition coefficient (Wildman–Crippen LogP) is 4.99. The fourth-order valence-electron chi connectivity index (χ4n) is 2.45. The third-order valence-corrected chi connectivity index (χ3v) is 4.87. The molecule has 0 aliphatic heterocycles. The van der Waals surface area contributed by atoms with Gasteiger partial charge in [-0.2, -0.15) is 0 Å². The van der Waals surface area contributed by atoms with Crippen LogP contribution >= 0.6 is 27.5 Å². The van der Waals surface area contributed by atoms with Crippen LogP contribution < -0.4 is 10.1 Å². The minimum absolute atomic E-state index is 0.0258. The number of anilines is 1. The summed E-state index contributed by atoms with van der Waals surface area (Å²) in [6, 6.07) is 11.9. The number of carbonyl (C=O) groups excluding carboxylic acids is 2. The molecule has 0 fully saturated rings. The smallest absolute Gasteiger partial charge is 0.265 e. The van der Waals surface area contributed by atoms with E-state index in [1.807, 2.05) is 13.8 Å². The van der Waals surface area contributed by atoms with Gasteiger partial charge >= 0.3 is 0 Å². The number of hydrogen-bond donors (Lipinski definition) is 1. The Morgan fingerprint density at radius 3 is 2.33 bits per heavy atom. The van der Waals surface area contributed by atoms with Crippen molar-refractivity contribution < 1.29 is 14.3 Å². The van der Waals surface area contributed by atoms with Crippen LogP contribution in [0.15, 0.2) is 46.9 Å². The van der Waals surface area contributed by atoms with E-state index in [9.17, 15) is 9.59 Å². The molecule has 1 atom stereocenters. The van der Waals surface area contributed by atoms with Crippen molar-refractivity contribution in [3.05, 3.63) is 57.5 Å². The summed E-state index contributed by atoms with van der Waals surface area (Å²) in [7, 11) is 0. The highest BCUT2D eigenvalue weighted by molar-refractivity contribution is 9.10. The van der Waals surface area contributed by atoms with E-state index in [4.69, 9.17) is 16.3 Å². The third kappa shape index (κ3) is 5.71. The molecule has 0 heterocycles. The van der Waals surface area contributed by atoms with Gasteiger partial charge in [0.05, 0.1) is 4.47 Å². The third-order valence-electron chi connectivity index (χ3n) is 4.02. The lowest BCUT2D eigenvalue weighted by Crippen LogP contribution is -2.31. The first-order valence-electron chi connectivity index (χ1n) is 8.67. The normalized spacial score (nSPS) is 11.6. The minimum atomic E-state index is -0.709. The maximum Gasteiger partial charge on any atom is 0.265 e. The molecule has 2 aromatic rings. The van der Waals surface area contributed by atoms with E-state index in [0.717, 1.165) is 0 Å². The van der Waals surface area contributed by atoms with Crippen molar-refractivity contribution in [2.24, 2.45) is 0 Å². The number of hydrogen-bond acceptors (Lipinski definition) is 3. The maximum absolute atomic E-state index is 12.4. The van der Waals surface area contributed by atoms with Gasteiger partial charge in [0.25, 0.3) is 11.8 Å². The van der Waals surface area contributed by atoms with Crippen LogP contribution in [0.5, 0.6) is 5.75 Å². The van der Waals surface area contributed by atoms with Crippen LogP contribution in [0.2, 0.25) is 5.02 Å². The zero-order chi connectivity index (χ0) is 20.0. The Bertz CT molecular complexity index is 807. The van der Waals surface area contributed by atoms with Gasteiger partial charge in [-0.05, 0) is 79.2 Å². The van der Waals surface area contributed by atoms with E-state index in [1.54, 1.807) is 54.3 Å². The van der Waals surface area contributed by atoms with Gasteiger partial charge in [-0.25, -0.2) is 0 Å². The van der Waals surface area contributed by atoms with Crippen LogP contribution in [0.25, 0.3) is 0 Å². The number of benzene rings is 2. The van der Waals surface area contributed by atoms with Crippen molar-refractivity contribution in [3.8, 4) is 5.75 Å². The van der Waals surface area contributed by atoms with Crippen LogP contribution in [0.4, 0.5) is 5.69 Å². The van der Waals surface area contributed by atoms with Gasteiger partial charge in [0.2, 0.25) is 0 Å². The Morgan fingerprint density at radius 2 is 1.78 bits per heavy atom. The summed E-state index contributed by atoms with van der Waals surface area (Å²) in [6.07, 6.45) is -0.709. The molecule has 2 aromatic carbocycles. The highest BCUT2D eigenvalue weighted by atomic mass is 79.9. The van der Waals surface area contributed by atoms with Crippen LogP contribution in [0, 0.1) is 0 Å². The molecule has 144 valence electrons. The van der Waals surface area contributed by atoms with Crippen LogP contribution in [0.3, 0.4) is 0 Å². The van der Waals surface area contributed by atoms with Crippen LogP contribution in [-0.2, 0) is 4.79 Å². The average molecular weight is 454 g/mol. The van der Waals surface area contributed by atoms with Crippen LogP contribution in [-0.4, -0.2) is 35.9 Å². The van der Waals surface area contributed by atoms with E-state index in [-0.39, 0.29) is 11.8 Å². The Kier molecular flexibility index (Phi) is 7.68. The van der Waals surface area contributed by atoms with Gasteiger partial charge in [0.1, 0.15) is 5.75 Å². The molecule has 0 radical (unpaired) electrons. The van der Waals surface area contributed by atoms with Crippen molar-refractivity contribution in [1.29, 1.82) is 0 Å². The number of nitrogens with one attached hydrogen (secondary N) is 1. The van der Waals surface area contributed by atoms with Crippen molar-refractivity contribution in [3.63, 3.8) is 0 Å². The SMILES string of the molecule is CCN(CC)C(=O)c1ccc(NC(=O)C(C)Oc2ccc(Cl)cc2Br)cc1. The molecule has 27 heavy (non-hydrogen) atoms. The molecular formula is C20H22BrClN2O3. The van der Waals surface area contributed by atoms with Crippen molar-refractivity contribution >= 4 is 45.0 Å². The Hall–Kier alpha value is -2.05. The van der Waals surface area contributed by atoms with E-state index in [2.05, 4.69) is 21.2 Å². The zero-order valence-corrected chi connectivity index (χ0v) is 17.8. The second kappa shape index (κ2) is 9.76. The molecule has 0 aliphatic rings. The summed E-state index contributed by atoms with van der Waals surface area (Å²) in [5.41, 5.74) is 1.19. The monoisotopic (exact) mass is 452 g/mol. The summed E-state index contributed by atoms with van der Waals surface area (Å²) in [5.74, 6) is 0.212. The van der Waals surface area contributed by atoms with Gasteiger partial charge in [-0.1, -0.05) is 11.6 Å². The van der Waals surface area contributed by atoms with E-state index in [1.165, 1.54) is 0 Å². The highest BCUT2D eigenvalue weighted by Crippen LogP contribution is 2.28. The molecule has 2 amide bonds. The Balaban J connectivity index is 1.99. The molecule has 2 rings (SSSR count). The predicted molar refractivity (Wildman–Crippen MR) is 112 cm³/mol. The van der Waals surface area contributed by atoms with Gasteiger partial charge in [-0.15, -0.1) is 0 Å². The van der Waals surface area contributed by atoms with E-state index in [0.29, 0.717) is 39.6 Å². The van der Waals surface area contributed by atoms with Gasteiger partial charge in [-0.3, -0.25) is 9.59 Å². The fraction of sp³-hybridized carbons (Fsp3) is 0.300. The quantitative estimate of drug-likeness (QED) is 0.642. The lowest BCUT2D eigenvalue weighted by molar-refractivity contribution is -0.122. The number of rotatable bonds is 7. The zero-order valence-electron chi connectivity index (χ0n) is 15.5. The second-order valence-corrected chi connectivity index (χ2v) is 7.17. The molecule has 0 aliphatic carbocycles. The van der Waals surface area contributed by atoms with Gasteiger partial charge < -0.3 is 15.0 Å².